The van der Waals surface area contributed by atoms with E-state index in [0.717, 1.165) is 5.56 Å². The number of benzene rings is 1. The molecule has 0 amide bonds. The van der Waals surface area contributed by atoms with E-state index in [-0.39, 0.29) is 17.0 Å². The molecule has 23 heavy (non-hydrogen) atoms. The number of pyridine rings is 1. The van der Waals surface area contributed by atoms with E-state index in [2.05, 4.69) is 25.4 Å². The van der Waals surface area contributed by atoms with E-state index in [1.807, 2.05) is 6.07 Å². The Kier molecular flexibility index (Phi) is 3.92. The SMILES string of the molecule is CC(=O)c1cccc(N=Nc2c(-c3cccnc3)[nH][nH]c2=O)c1. The Morgan fingerprint density at radius 3 is 2.74 bits per heavy atom. The molecule has 114 valence electrons. The van der Waals surface area contributed by atoms with Crippen molar-refractivity contribution in [2.75, 3.05) is 0 Å². The van der Waals surface area contributed by atoms with Crippen LogP contribution >= 0.6 is 0 Å². The van der Waals surface area contributed by atoms with E-state index < -0.39 is 0 Å². The average molecular weight is 307 g/mol. The van der Waals surface area contributed by atoms with Crippen LogP contribution in [0.2, 0.25) is 0 Å². The number of aromatic amines is 2. The number of rotatable bonds is 4. The van der Waals surface area contributed by atoms with Crippen LogP contribution in [-0.2, 0) is 0 Å². The zero-order chi connectivity index (χ0) is 16.2. The number of aromatic nitrogens is 3. The Hall–Kier alpha value is -3.35. The zero-order valence-electron chi connectivity index (χ0n) is 12.3. The Balaban J connectivity index is 1.98. The van der Waals surface area contributed by atoms with Crippen molar-refractivity contribution < 1.29 is 4.79 Å². The van der Waals surface area contributed by atoms with Gasteiger partial charge in [-0.05, 0) is 31.2 Å². The third-order valence-corrected chi connectivity index (χ3v) is 3.22. The number of hydrogen-bond acceptors (Lipinski definition) is 5. The monoisotopic (exact) mass is 307 g/mol. The predicted molar refractivity (Wildman–Crippen MR) is 85.3 cm³/mol. The van der Waals surface area contributed by atoms with Crippen molar-refractivity contribution in [1.29, 1.82) is 0 Å². The molecule has 0 bridgehead atoms. The third kappa shape index (κ3) is 3.13. The van der Waals surface area contributed by atoms with Crippen LogP contribution in [0.5, 0.6) is 0 Å². The molecule has 0 atom stereocenters. The number of nitrogens with zero attached hydrogens (tertiary/aromatic N) is 3. The van der Waals surface area contributed by atoms with Crippen LogP contribution in [0, 0.1) is 0 Å². The maximum atomic E-state index is 11.9. The number of Topliss-reactive ketones (excluding diaryl/α,β-unsaturated/α-hetero) is 1. The van der Waals surface area contributed by atoms with Gasteiger partial charge in [0.1, 0.15) is 0 Å². The van der Waals surface area contributed by atoms with Crippen molar-refractivity contribution in [3.05, 3.63) is 64.7 Å². The predicted octanol–water partition coefficient (Wildman–Crippen LogP) is 3.38. The highest BCUT2D eigenvalue weighted by molar-refractivity contribution is 5.94. The fraction of sp³-hybridized carbons (Fsp3) is 0.0625. The van der Waals surface area contributed by atoms with Gasteiger partial charge in [0.05, 0.1) is 11.4 Å². The second-order valence-corrected chi connectivity index (χ2v) is 4.85. The lowest BCUT2D eigenvalue weighted by Gasteiger charge is -1.98. The summed E-state index contributed by atoms with van der Waals surface area (Å²) < 4.78 is 0. The summed E-state index contributed by atoms with van der Waals surface area (Å²) in [4.78, 5) is 27.3. The van der Waals surface area contributed by atoms with Crippen LogP contribution in [0.3, 0.4) is 0 Å². The van der Waals surface area contributed by atoms with Crippen molar-refractivity contribution >= 4 is 17.2 Å². The molecule has 2 aromatic heterocycles. The Bertz CT molecular complexity index is 925. The largest absolute Gasteiger partial charge is 0.295 e. The summed E-state index contributed by atoms with van der Waals surface area (Å²) in [7, 11) is 0. The second-order valence-electron chi connectivity index (χ2n) is 4.85. The molecule has 1 aromatic carbocycles. The van der Waals surface area contributed by atoms with E-state index in [4.69, 9.17) is 0 Å². The molecule has 7 nitrogen and oxygen atoms in total. The Morgan fingerprint density at radius 1 is 1.13 bits per heavy atom. The Labute approximate surface area is 131 Å². The first-order valence-corrected chi connectivity index (χ1v) is 6.89. The highest BCUT2D eigenvalue weighted by atomic mass is 16.1. The summed E-state index contributed by atoms with van der Waals surface area (Å²) in [6, 6.07) is 10.3. The van der Waals surface area contributed by atoms with Gasteiger partial charge in [0.2, 0.25) is 0 Å². The fourth-order valence-electron chi connectivity index (χ4n) is 2.06. The summed E-state index contributed by atoms with van der Waals surface area (Å²) >= 11 is 0. The van der Waals surface area contributed by atoms with Crippen molar-refractivity contribution in [3.8, 4) is 11.3 Å². The first kappa shape index (κ1) is 14.6. The summed E-state index contributed by atoms with van der Waals surface area (Å²) in [6.07, 6.45) is 3.26. The molecule has 2 N–H and O–H groups in total. The molecular formula is C16H13N5O2. The Morgan fingerprint density at radius 2 is 2.00 bits per heavy atom. The maximum absolute atomic E-state index is 11.9. The number of ketones is 1. The smallest absolute Gasteiger partial charge is 0.292 e. The molecule has 0 spiro atoms. The molecule has 2 heterocycles. The highest BCUT2D eigenvalue weighted by Crippen LogP contribution is 2.25. The van der Waals surface area contributed by atoms with Crippen LogP contribution in [0.4, 0.5) is 11.4 Å². The maximum Gasteiger partial charge on any atom is 0.292 e. The average Bonchev–Trinajstić information content (AvgIpc) is 2.95. The van der Waals surface area contributed by atoms with Crippen LogP contribution in [0.1, 0.15) is 17.3 Å². The molecule has 0 aliphatic rings. The normalized spacial score (nSPS) is 11.0. The molecular weight excluding hydrogens is 294 g/mol. The number of carbonyl (C=O) groups is 1. The number of carbonyl (C=O) groups excluding carboxylic acids is 1. The van der Waals surface area contributed by atoms with Gasteiger partial charge in [-0.1, -0.05) is 12.1 Å². The number of H-pyrrole nitrogens is 2. The van der Waals surface area contributed by atoms with Crippen molar-refractivity contribution in [2.24, 2.45) is 10.2 Å². The minimum Gasteiger partial charge on any atom is -0.295 e. The van der Waals surface area contributed by atoms with Crippen molar-refractivity contribution in [3.63, 3.8) is 0 Å². The van der Waals surface area contributed by atoms with Gasteiger partial charge < -0.3 is 0 Å². The second kappa shape index (κ2) is 6.18. The zero-order valence-corrected chi connectivity index (χ0v) is 12.3. The van der Waals surface area contributed by atoms with Gasteiger partial charge in [-0.25, -0.2) is 0 Å². The first-order valence-electron chi connectivity index (χ1n) is 6.89. The molecule has 0 saturated carbocycles. The van der Waals surface area contributed by atoms with E-state index in [9.17, 15) is 9.59 Å². The fourth-order valence-corrected chi connectivity index (χ4v) is 2.06. The third-order valence-electron chi connectivity index (χ3n) is 3.22. The molecule has 0 saturated heterocycles. The highest BCUT2D eigenvalue weighted by Gasteiger charge is 2.11. The lowest BCUT2D eigenvalue weighted by Crippen LogP contribution is -1.96. The summed E-state index contributed by atoms with van der Waals surface area (Å²) in [5.41, 5.74) is 2.04. The van der Waals surface area contributed by atoms with Crippen molar-refractivity contribution in [2.45, 2.75) is 6.92 Å². The van der Waals surface area contributed by atoms with Gasteiger partial charge in [0.15, 0.2) is 11.5 Å². The van der Waals surface area contributed by atoms with Crippen molar-refractivity contribution in [1.82, 2.24) is 15.2 Å². The molecule has 0 fully saturated rings. The van der Waals surface area contributed by atoms with Crippen LogP contribution < -0.4 is 5.56 Å². The minimum absolute atomic E-state index is 0.0578. The molecule has 0 aliphatic heterocycles. The van der Waals surface area contributed by atoms with E-state index in [1.165, 1.54) is 6.92 Å². The number of nitrogens with one attached hydrogen (secondary N) is 2. The lowest BCUT2D eigenvalue weighted by atomic mass is 10.1. The minimum atomic E-state index is -0.379. The van der Waals surface area contributed by atoms with E-state index >= 15 is 0 Å². The van der Waals surface area contributed by atoms with Crippen LogP contribution in [0.25, 0.3) is 11.3 Å². The molecule has 7 heteroatoms. The summed E-state index contributed by atoms with van der Waals surface area (Å²) in [5.74, 6) is -0.0578. The molecule has 3 aromatic rings. The topological polar surface area (TPSA) is 103 Å². The van der Waals surface area contributed by atoms with Gasteiger partial charge in [0.25, 0.3) is 5.56 Å². The summed E-state index contributed by atoms with van der Waals surface area (Å²) in [6.45, 7) is 1.48. The summed E-state index contributed by atoms with van der Waals surface area (Å²) in [5, 5.41) is 13.3. The van der Waals surface area contributed by atoms with Gasteiger partial charge in [0, 0.05) is 23.5 Å². The van der Waals surface area contributed by atoms with Gasteiger partial charge >= 0.3 is 0 Å². The molecule has 0 radical (unpaired) electrons. The number of azo groups is 1. The lowest BCUT2D eigenvalue weighted by molar-refractivity contribution is 0.101. The van der Waals surface area contributed by atoms with Gasteiger partial charge in [-0.3, -0.25) is 24.8 Å². The van der Waals surface area contributed by atoms with Crippen LogP contribution in [0.15, 0.2) is 63.8 Å². The standard InChI is InChI=1S/C16H13N5O2/c1-10(22)11-4-2-6-13(8-11)18-20-15-14(19-21-16(15)23)12-5-3-7-17-9-12/h2-9H,1H3,(H2,19,21,23). The van der Waals surface area contributed by atoms with Crippen LogP contribution in [-0.4, -0.2) is 21.0 Å². The quantitative estimate of drug-likeness (QED) is 0.570. The first-order chi connectivity index (χ1) is 11.1. The number of hydrogen-bond donors (Lipinski definition) is 2. The molecule has 0 unspecified atom stereocenters. The molecule has 0 aliphatic carbocycles. The van der Waals surface area contributed by atoms with E-state index in [1.54, 1.807) is 42.7 Å². The van der Waals surface area contributed by atoms with Gasteiger partial charge in [-0.15, -0.1) is 5.11 Å². The van der Waals surface area contributed by atoms with Gasteiger partial charge in [-0.2, -0.15) is 5.11 Å². The van der Waals surface area contributed by atoms with E-state index in [0.29, 0.717) is 16.9 Å². The molecule has 3 rings (SSSR count).